The van der Waals surface area contributed by atoms with Crippen LogP contribution in [-0.4, -0.2) is 33.2 Å². The first-order chi connectivity index (χ1) is 9.31. The van der Waals surface area contributed by atoms with E-state index in [9.17, 15) is 13.2 Å². The zero-order valence-corrected chi connectivity index (χ0v) is 13.3. The number of sulfone groups is 1. The van der Waals surface area contributed by atoms with Crippen LogP contribution >= 0.6 is 11.3 Å². The fourth-order valence-corrected chi connectivity index (χ4v) is 4.61. The maximum atomic E-state index is 12.2. The van der Waals surface area contributed by atoms with E-state index in [1.807, 2.05) is 0 Å². The predicted octanol–water partition coefficient (Wildman–Crippen LogP) is 1.30. The summed E-state index contributed by atoms with van der Waals surface area (Å²) in [5.41, 5.74) is 5.95. The lowest BCUT2D eigenvalue weighted by molar-refractivity contribution is 0.0968. The summed E-state index contributed by atoms with van der Waals surface area (Å²) in [6.07, 6.45) is 0.999. The molecular weight excluding hydrogens is 298 g/mol. The van der Waals surface area contributed by atoms with Crippen molar-refractivity contribution in [1.29, 1.82) is 0 Å². The van der Waals surface area contributed by atoms with Gasteiger partial charge in [0.15, 0.2) is 9.84 Å². The second kappa shape index (κ2) is 5.25. The minimum atomic E-state index is -3.47. The van der Waals surface area contributed by atoms with Crippen molar-refractivity contribution >= 4 is 37.8 Å². The van der Waals surface area contributed by atoms with Gasteiger partial charge in [-0.25, -0.2) is 8.42 Å². The molecule has 1 fully saturated rings. The highest BCUT2D eigenvalue weighted by Gasteiger charge is 2.36. The first-order valence-electron chi connectivity index (χ1n) is 6.45. The molecule has 20 heavy (non-hydrogen) atoms. The SMILES string of the molecule is CCS(=O)(=O)c1c(NC2CC2C)sc(C(=O)NC)c1N. The number of carbonyl (C=O) groups excluding carboxylic acids is 1. The summed E-state index contributed by atoms with van der Waals surface area (Å²) in [7, 11) is -1.98. The van der Waals surface area contributed by atoms with Crippen molar-refractivity contribution in [2.24, 2.45) is 5.92 Å². The maximum absolute atomic E-state index is 12.2. The minimum absolute atomic E-state index is 0.0456. The Hall–Kier alpha value is -1.28. The quantitative estimate of drug-likeness (QED) is 0.760. The van der Waals surface area contributed by atoms with E-state index in [2.05, 4.69) is 17.6 Å². The van der Waals surface area contributed by atoms with E-state index in [1.165, 1.54) is 7.05 Å². The summed E-state index contributed by atoms with van der Waals surface area (Å²) < 4.78 is 24.4. The molecule has 0 aliphatic heterocycles. The lowest BCUT2D eigenvalue weighted by atomic mass is 10.3. The Balaban J connectivity index is 2.50. The van der Waals surface area contributed by atoms with Crippen LogP contribution in [0.1, 0.15) is 29.9 Å². The van der Waals surface area contributed by atoms with Gasteiger partial charge in [0, 0.05) is 13.1 Å². The summed E-state index contributed by atoms with van der Waals surface area (Å²) in [6.45, 7) is 3.65. The number of nitrogens with one attached hydrogen (secondary N) is 2. The first kappa shape index (κ1) is 15.1. The van der Waals surface area contributed by atoms with Gasteiger partial charge < -0.3 is 16.4 Å². The molecule has 1 saturated carbocycles. The van der Waals surface area contributed by atoms with Gasteiger partial charge in [0.05, 0.1) is 11.4 Å². The van der Waals surface area contributed by atoms with Gasteiger partial charge in [-0.1, -0.05) is 13.8 Å². The predicted molar refractivity (Wildman–Crippen MR) is 81.0 cm³/mol. The second-order valence-electron chi connectivity index (χ2n) is 4.95. The van der Waals surface area contributed by atoms with E-state index in [0.717, 1.165) is 17.8 Å². The molecule has 6 nitrogen and oxygen atoms in total. The van der Waals surface area contributed by atoms with Crippen molar-refractivity contribution in [3.05, 3.63) is 4.88 Å². The highest BCUT2D eigenvalue weighted by Crippen LogP contribution is 2.43. The largest absolute Gasteiger partial charge is 0.396 e. The molecule has 112 valence electrons. The Morgan fingerprint density at radius 3 is 2.55 bits per heavy atom. The van der Waals surface area contributed by atoms with E-state index in [-0.39, 0.29) is 33.2 Å². The number of thiophene rings is 1. The summed E-state index contributed by atoms with van der Waals surface area (Å²) in [4.78, 5) is 12.1. The Morgan fingerprint density at radius 2 is 2.10 bits per heavy atom. The third-order valence-corrected chi connectivity index (χ3v) is 6.52. The minimum Gasteiger partial charge on any atom is -0.396 e. The van der Waals surface area contributed by atoms with Gasteiger partial charge in [-0.2, -0.15) is 0 Å². The third kappa shape index (κ3) is 2.62. The zero-order chi connectivity index (χ0) is 15.1. The van der Waals surface area contributed by atoms with Crippen LogP contribution in [0, 0.1) is 5.92 Å². The Kier molecular flexibility index (Phi) is 3.97. The summed E-state index contributed by atoms with van der Waals surface area (Å²) in [5, 5.41) is 6.16. The second-order valence-corrected chi connectivity index (χ2v) is 8.19. The van der Waals surface area contributed by atoms with Crippen molar-refractivity contribution in [3.63, 3.8) is 0 Å². The summed E-state index contributed by atoms with van der Waals surface area (Å²) in [5.74, 6) is 0.103. The van der Waals surface area contributed by atoms with Crippen LogP contribution in [0.2, 0.25) is 0 Å². The molecule has 2 unspecified atom stereocenters. The molecule has 1 aromatic heterocycles. The molecule has 0 saturated heterocycles. The normalized spacial score (nSPS) is 21.6. The number of carbonyl (C=O) groups is 1. The highest BCUT2D eigenvalue weighted by molar-refractivity contribution is 7.91. The van der Waals surface area contributed by atoms with Crippen molar-refractivity contribution < 1.29 is 13.2 Å². The van der Waals surface area contributed by atoms with E-state index < -0.39 is 9.84 Å². The Morgan fingerprint density at radius 1 is 1.50 bits per heavy atom. The fraction of sp³-hybridized carbons (Fsp3) is 0.583. The number of nitrogen functional groups attached to an aromatic ring is 1. The van der Waals surface area contributed by atoms with Crippen LogP contribution in [0.4, 0.5) is 10.7 Å². The molecule has 8 heteroatoms. The molecule has 0 radical (unpaired) electrons. The average Bonchev–Trinajstić information content (AvgIpc) is 2.98. The van der Waals surface area contributed by atoms with Crippen molar-refractivity contribution in [2.45, 2.75) is 31.2 Å². The molecule has 2 rings (SSSR count). The molecule has 4 N–H and O–H groups in total. The fourth-order valence-electron chi connectivity index (χ4n) is 1.95. The zero-order valence-electron chi connectivity index (χ0n) is 11.7. The summed E-state index contributed by atoms with van der Waals surface area (Å²) >= 11 is 1.10. The van der Waals surface area contributed by atoms with E-state index in [1.54, 1.807) is 6.92 Å². The van der Waals surface area contributed by atoms with Crippen molar-refractivity contribution in [3.8, 4) is 0 Å². The number of hydrogen-bond donors (Lipinski definition) is 3. The Bertz CT molecular complexity index is 637. The van der Waals surface area contributed by atoms with E-state index in [0.29, 0.717) is 10.9 Å². The highest BCUT2D eigenvalue weighted by atomic mass is 32.2. The molecule has 1 aromatic rings. The molecule has 1 aliphatic carbocycles. The number of hydrogen-bond acceptors (Lipinski definition) is 6. The van der Waals surface area contributed by atoms with Crippen LogP contribution in [0.15, 0.2) is 4.90 Å². The van der Waals surface area contributed by atoms with E-state index >= 15 is 0 Å². The molecule has 0 bridgehead atoms. The molecule has 0 aromatic carbocycles. The monoisotopic (exact) mass is 317 g/mol. The number of rotatable bonds is 5. The third-order valence-electron chi connectivity index (χ3n) is 3.45. The van der Waals surface area contributed by atoms with Crippen molar-refractivity contribution in [1.82, 2.24) is 5.32 Å². The van der Waals surface area contributed by atoms with Crippen LogP contribution in [0.3, 0.4) is 0 Å². The van der Waals surface area contributed by atoms with Gasteiger partial charge in [-0.15, -0.1) is 11.3 Å². The molecule has 0 spiro atoms. The average molecular weight is 317 g/mol. The van der Waals surface area contributed by atoms with Crippen LogP contribution in [0.25, 0.3) is 0 Å². The van der Waals surface area contributed by atoms with Gasteiger partial charge in [0.2, 0.25) is 0 Å². The molecule has 1 heterocycles. The van der Waals surface area contributed by atoms with Crippen molar-refractivity contribution in [2.75, 3.05) is 23.9 Å². The van der Waals surface area contributed by atoms with Gasteiger partial charge in [0.25, 0.3) is 5.91 Å². The topological polar surface area (TPSA) is 101 Å². The standard InChI is InChI=1S/C12H19N3O3S2/c1-4-20(17,18)10-8(13)9(11(16)14-3)19-12(10)15-7-5-6(7)2/h6-7,15H,4-5,13H2,1-3H3,(H,14,16). The molecule has 1 amide bonds. The molecule has 2 atom stereocenters. The molecule has 1 aliphatic rings. The van der Waals surface area contributed by atoms with Gasteiger partial charge in [0.1, 0.15) is 14.8 Å². The van der Waals surface area contributed by atoms with Crippen LogP contribution < -0.4 is 16.4 Å². The van der Waals surface area contributed by atoms with Crippen LogP contribution in [-0.2, 0) is 9.84 Å². The number of anilines is 2. The smallest absolute Gasteiger partial charge is 0.263 e. The lowest BCUT2D eigenvalue weighted by Gasteiger charge is -2.07. The number of nitrogens with two attached hydrogens (primary N) is 1. The molecular formula is C12H19N3O3S2. The number of amides is 1. The lowest BCUT2D eigenvalue weighted by Crippen LogP contribution is -2.18. The maximum Gasteiger partial charge on any atom is 0.263 e. The van der Waals surface area contributed by atoms with Crippen LogP contribution in [0.5, 0.6) is 0 Å². The first-order valence-corrected chi connectivity index (χ1v) is 8.92. The van der Waals surface area contributed by atoms with Gasteiger partial charge >= 0.3 is 0 Å². The Labute approximate surface area is 122 Å². The summed E-state index contributed by atoms with van der Waals surface area (Å²) in [6, 6.07) is 0.261. The van der Waals surface area contributed by atoms with Gasteiger partial charge in [-0.05, 0) is 12.3 Å². The van der Waals surface area contributed by atoms with E-state index in [4.69, 9.17) is 5.73 Å². The van der Waals surface area contributed by atoms with Gasteiger partial charge in [-0.3, -0.25) is 4.79 Å².